The summed E-state index contributed by atoms with van der Waals surface area (Å²) in [6.45, 7) is 4.73. The van der Waals surface area contributed by atoms with E-state index >= 15 is 0 Å². The lowest BCUT2D eigenvalue weighted by atomic mass is 9.80. The maximum absolute atomic E-state index is 6.49. The van der Waals surface area contributed by atoms with E-state index in [0.717, 1.165) is 36.3 Å². The fourth-order valence-corrected chi connectivity index (χ4v) is 3.83. The van der Waals surface area contributed by atoms with E-state index < -0.39 is 0 Å². The van der Waals surface area contributed by atoms with Gasteiger partial charge in [0, 0.05) is 24.1 Å². The van der Waals surface area contributed by atoms with Gasteiger partial charge in [-0.3, -0.25) is 0 Å². The highest BCUT2D eigenvalue weighted by molar-refractivity contribution is 5.44. The molecule has 2 atom stereocenters. The monoisotopic (exact) mass is 289 g/mol. The first-order valence-corrected chi connectivity index (χ1v) is 8.06. The molecule has 0 amide bonds. The van der Waals surface area contributed by atoms with Gasteiger partial charge in [0.05, 0.1) is 7.11 Å². The summed E-state index contributed by atoms with van der Waals surface area (Å²) in [5.41, 5.74) is 7.90. The van der Waals surface area contributed by atoms with Crippen molar-refractivity contribution >= 4 is 0 Å². The predicted molar refractivity (Wildman–Crippen MR) is 84.8 cm³/mol. The SMILES string of the molecule is COc1ccc2c(c1)OC1(CCCC(C)(C)CC1)C[C@@H]2N. The van der Waals surface area contributed by atoms with Gasteiger partial charge in [0.1, 0.15) is 17.1 Å². The predicted octanol–water partition coefficient (Wildman–Crippen LogP) is 4.21. The summed E-state index contributed by atoms with van der Waals surface area (Å²) in [5, 5.41) is 0. The summed E-state index contributed by atoms with van der Waals surface area (Å²) < 4.78 is 11.8. The van der Waals surface area contributed by atoms with E-state index in [4.69, 9.17) is 15.2 Å². The maximum Gasteiger partial charge on any atom is 0.128 e. The van der Waals surface area contributed by atoms with Crippen molar-refractivity contribution in [3.63, 3.8) is 0 Å². The van der Waals surface area contributed by atoms with Crippen LogP contribution in [0.15, 0.2) is 18.2 Å². The van der Waals surface area contributed by atoms with Crippen molar-refractivity contribution in [3.05, 3.63) is 23.8 Å². The molecule has 3 nitrogen and oxygen atoms in total. The molecule has 1 unspecified atom stereocenters. The van der Waals surface area contributed by atoms with E-state index in [1.807, 2.05) is 18.2 Å². The van der Waals surface area contributed by atoms with Crippen molar-refractivity contribution in [3.8, 4) is 11.5 Å². The summed E-state index contributed by atoms with van der Waals surface area (Å²) in [6.07, 6.45) is 6.85. The lowest BCUT2D eigenvalue weighted by molar-refractivity contribution is 0.0187. The minimum Gasteiger partial charge on any atom is -0.497 e. The lowest BCUT2D eigenvalue weighted by Crippen LogP contribution is -2.42. The summed E-state index contributed by atoms with van der Waals surface area (Å²) >= 11 is 0. The summed E-state index contributed by atoms with van der Waals surface area (Å²) in [7, 11) is 1.69. The van der Waals surface area contributed by atoms with Crippen LogP contribution in [0.25, 0.3) is 0 Å². The van der Waals surface area contributed by atoms with Gasteiger partial charge < -0.3 is 15.2 Å². The van der Waals surface area contributed by atoms with Crippen LogP contribution in [0, 0.1) is 5.41 Å². The van der Waals surface area contributed by atoms with Gasteiger partial charge >= 0.3 is 0 Å². The lowest BCUT2D eigenvalue weighted by Gasteiger charge is -2.41. The number of nitrogens with two attached hydrogens (primary N) is 1. The van der Waals surface area contributed by atoms with Crippen LogP contribution in [-0.4, -0.2) is 12.7 Å². The molecule has 1 aromatic carbocycles. The van der Waals surface area contributed by atoms with Crippen molar-refractivity contribution in [2.24, 2.45) is 11.1 Å². The molecule has 116 valence electrons. The van der Waals surface area contributed by atoms with E-state index in [0.29, 0.717) is 5.41 Å². The number of benzene rings is 1. The number of hydrogen-bond donors (Lipinski definition) is 1. The molecule has 2 N–H and O–H groups in total. The smallest absolute Gasteiger partial charge is 0.128 e. The van der Waals surface area contributed by atoms with Crippen molar-refractivity contribution in [2.75, 3.05) is 7.11 Å². The standard InChI is InChI=1S/C18H27NO2/c1-17(2)7-4-8-18(10-9-17)12-15(19)14-6-5-13(20-3)11-16(14)21-18/h5-6,11,15H,4,7-10,12,19H2,1-3H3/t15-,18?/m0/s1. The first kappa shape index (κ1) is 14.7. The fourth-order valence-electron chi connectivity index (χ4n) is 3.83. The Morgan fingerprint density at radius 3 is 2.76 bits per heavy atom. The topological polar surface area (TPSA) is 44.5 Å². The van der Waals surface area contributed by atoms with Crippen molar-refractivity contribution in [2.45, 2.75) is 64.0 Å². The average molecular weight is 289 g/mol. The zero-order valence-corrected chi connectivity index (χ0v) is 13.4. The summed E-state index contributed by atoms with van der Waals surface area (Å²) in [6, 6.07) is 6.08. The molecule has 0 bridgehead atoms. The van der Waals surface area contributed by atoms with Gasteiger partial charge in [0.25, 0.3) is 0 Å². The molecular weight excluding hydrogens is 262 g/mol. The van der Waals surface area contributed by atoms with Crippen molar-refractivity contribution < 1.29 is 9.47 Å². The van der Waals surface area contributed by atoms with E-state index in [9.17, 15) is 0 Å². The third-order valence-electron chi connectivity index (χ3n) is 5.28. The van der Waals surface area contributed by atoms with E-state index in [-0.39, 0.29) is 11.6 Å². The second-order valence-corrected chi connectivity index (χ2v) is 7.52. The highest BCUT2D eigenvalue weighted by atomic mass is 16.5. The molecule has 1 aliphatic heterocycles. The Balaban J connectivity index is 1.89. The van der Waals surface area contributed by atoms with Crippen molar-refractivity contribution in [1.29, 1.82) is 0 Å². The first-order valence-electron chi connectivity index (χ1n) is 8.06. The van der Waals surface area contributed by atoms with Gasteiger partial charge in [-0.05, 0) is 43.6 Å². The Labute approximate surface area is 127 Å². The van der Waals surface area contributed by atoms with Gasteiger partial charge in [-0.25, -0.2) is 0 Å². The van der Waals surface area contributed by atoms with Gasteiger partial charge in [-0.2, -0.15) is 0 Å². The second-order valence-electron chi connectivity index (χ2n) is 7.52. The Kier molecular flexibility index (Phi) is 3.64. The summed E-state index contributed by atoms with van der Waals surface area (Å²) in [5.74, 6) is 1.76. The minimum atomic E-state index is -0.0768. The molecule has 0 radical (unpaired) electrons. The molecule has 1 aromatic rings. The number of rotatable bonds is 1. The highest BCUT2D eigenvalue weighted by Crippen LogP contribution is 2.48. The van der Waals surface area contributed by atoms with Crippen LogP contribution in [-0.2, 0) is 0 Å². The number of hydrogen-bond acceptors (Lipinski definition) is 3. The van der Waals surface area contributed by atoms with Crippen LogP contribution >= 0.6 is 0 Å². The normalized spacial score (nSPS) is 31.1. The molecule has 1 aliphatic carbocycles. The molecule has 2 aliphatic rings. The Bertz CT molecular complexity index is 526. The van der Waals surface area contributed by atoms with Gasteiger partial charge in [0.2, 0.25) is 0 Å². The average Bonchev–Trinajstić information content (AvgIpc) is 2.58. The summed E-state index contributed by atoms with van der Waals surface area (Å²) in [4.78, 5) is 0. The van der Waals surface area contributed by atoms with Gasteiger partial charge in [0.15, 0.2) is 0 Å². The van der Waals surface area contributed by atoms with Crippen LogP contribution in [0.4, 0.5) is 0 Å². The second kappa shape index (κ2) is 5.20. The number of ether oxygens (including phenoxy) is 2. The van der Waals surface area contributed by atoms with Gasteiger partial charge in [-0.15, -0.1) is 0 Å². The van der Waals surface area contributed by atoms with Crippen LogP contribution < -0.4 is 15.2 Å². The zero-order valence-electron chi connectivity index (χ0n) is 13.4. The number of fused-ring (bicyclic) bond motifs is 1. The van der Waals surface area contributed by atoms with Crippen LogP contribution in [0.2, 0.25) is 0 Å². The third kappa shape index (κ3) is 2.89. The highest BCUT2D eigenvalue weighted by Gasteiger charge is 2.42. The molecule has 1 heterocycles. The molecule has 0 aromatic heterocycles. The maximum atomic E-state index is 6.49. The van der Waals surface area contributed by atoms with Crippen LogP contribution in [0.5, 0.6) is 11.5 Å². The zero-order chi connectivity index (χ0) is 15.1. The largest absolute Gasteiger partial charge is 0.497 e. The number of methoxy groups -OCH3 is 1. The molecule has 1 spiro atoms. The molecule has 3 rings (SSSR count). The quantitative estimate of drug-likeness (QED) is 0.842. The van der Waals surface area contributed by atoms with Crippen LogP contribution in [0.1, 0.15) is 64.0 Å². The van der Waals surface area contributed by atoms with E-state index in [1.165, 1.54) is 19.3 Å². The molecular formula is C18H27NO2. The fraction of sp³-hybridized carbons (Fsp3) is 0.667. The molecule has 1 fully saturated rings. The van der Waals surface area contributed by atoms with E-state index in [2.05, 4.69) is 13.8 Å². The first-order chi connectivity index (χ1) is 9.93. The van der Waals surface area contributed by atoms with Crippen molar-refractivity contribution in [1.82, 2.24) is 0 Å². The molecule has 3 heteroatoms. The third-order valence-corrected chi connectivity index (χ3v) is 5.28. The molecule has 21 heavy (non-hydrogen) atoms. The van der Waals surface area contributed by atoms with Crippen LogP contribution in [0.3, 0.4) is 0 Å². The minimum absolute atomic E-state index is 0.0702. The Hall–Kier alpha value is -1.22. The molecule has 1 saturated carbocycles. The van der Waals surface area contributed by atoms with Gasteiger partial charge in [-0.1, -0.05) is 19.9 Å². The van der Waals surface area contributed by atoms with E-state index in [1.54, 1.807) is 7.11 Å². The Morgan fingerprint density at radius 2 is 2.00 bits per heavy atom. The Morgan fingerprint density at radius 1 is 1.19 bits per heavy atom. The molecule has 0 saturated heterocycles.